The van der Waals surface area contributed by atoms with E-state index in [0.29, 0.717) is 28.9 Å². The minimum Gasteiger partial charge on any atom is -0.508 e. The van der Waals surface area contributed by atoms with Crippen LogP contribution in [0.15, 0.2) is 18.2 Å². The van der Waals surface area contributed by atoms with E-state index in [2.05, 4.69) is 19.9 Å². The van der Waals surface area contributed by atoms with Gasteiger partial charge in [0.25, 0.3) is 0 Å². The number of fused-ring (bicyclic) bond motifs is 5. The van der Waals surface area contributed by atoms with Gasteiger partial charge in [0.1, 0.15) is 5.75 Å². The van der Waals surface area contributed by atoms with Crippen LogP contribution in [0.4, 0.5) is 0 Å². The molecule has 0 radical (unpaired) electrons. The lowest BCUT2D eigenvalue weighted by Crippen LogP contribution is -2.43. The molecule has 2 heteroatoms. The van der Waals surface area contributed by atoms with Crippen molar-refractivity contribution in [3.05, 3.63) is 29.3 Å². The molecular weight excluding hydrogens is 296 g/mol. The number of unbranched alkanes of at least 4 members (excludes halogenated alkanes) is 1. The minimum absolute atomic E-state index is 0.105. The lowest BCUT2D eigenvalue weighted by atomic mass is 9.52. The molecule has 2 saturated carbocycles. The number of rotatable bonds is 3. The van der Waals surface area contributed by atoms with Crippen molar-refractivity contribution in [2.45, 2.75) is 77.2 Å². The molecule has 2 fully saturated rings. The van der Waals surface area contributed by atoms with Gasteiger partial charge in [-0.05, 0) is 90.9 Å². The molecule has 0 saturated heterocycles. The Morgan fingerprint density at radius 3 is 2.88 bits per heavy atom. The molecule has 0 unspecified atom stereocenters. The number of phenols is 1. The van der Waals surface area contributed by atoms with Crippen LogP contribution >= 0.6 is 0 Å². The van der Waals surface area contributed by atoms with Gasteiger partial charge in [0.05, 0.1) is 6.10 Å². The van der Waals surface area contributed by atoms with Crippen molar-refractivity contribution in [3.63, 3.8) is 0 Å². The van der Waals surface area contributed by atoms with Crippen LogP contribution in [0.25, 0.3) is 0 Å². The van der Waals surface area contributed by atoms with Crippen LogP contribution in [0.2, 0.25) is 0 Å². The Hall–Kier alpha value is -1.02. The molecule has 0 spiro atoms. The second-order valence-corrected chi connectivity index (χ2v) is 8.77. The van der Waals surface area contributed by atoms with Crippen molar-refractivity contribution in [2.75, 3.05) is 0 Å². The molecule has 1 aromatic rings. The van der Waals surface area contributed by atoms with E-state index in [1.165, 1.54) is 49.7 Å². The van der Waals surface area contributed by atoms with Gasteiger partial charge in [-0.15, -0.1) is 0 Å². The largest absolute Gasteiger partial charge is 0.508 e. The Morgan fingerprint density at radius 1 is 1.25 bits per heavy atom. The highest BCUT2D eigenvalue weighted by atomic mass is 16.3. The Kier molecular flexibility index (Phi) is 4.15. The summed E-state index contributed by atoms with van der Waals surface area (Å²) in [6, 6.07) is 6.03. The first-order valence-electron chi connectivity index (χ1n) is 10.1. The van der Waals surface area contributed by atoms with E-state index in [0.717, 1.165) is 18.8 Å². The van der Waals surface area contributed by atoms with Gasteiger partial charge in [-0.1, -0.05) is 32.8 Å². The van der Waals surface area contributed by atoms with Gasteiger partial charge in [-0.2, -0.15) is 0 Å². The van der Waals surface area contributed by atoms with Gasteiger partial charge in [0, 0.05) is 0 Å². The molecule has 1 aromatic carbocycles. The predicted molar refractivity (Wildman–Crippen MR) is 97.1 cm³/mol. The number of phenolic OH excluding ortho intramolecular Hbond substituents is 1. The highest BCUT2D eigenvalue weighted by Gasteiger charge is 2.58. The van der Waals surface area contributed by atoms with Crippen LogP contribution in [0.5, 0.6) is 5.75 Å². The van der Waals surface area contributed by atoms with Crippen molar-refractivity contribution in [1.82, 2.24) is 0 Å². The zero-order valence-corrected chi connectivity index (χ0v) is 15.2. The molecule has 0 heterocycles. The Morgan fingerprint density at radius 2 is 2.08 bits per heavy atom. The van der Waals surface area contributed by atoms with Gasteiger partial charge in [-0.25, -0.2) is 0 Å². The molecule has 3 aliphatic rings. The summed E-state index contributed by atoms with van der Waals surface area (Å²) in [4.78, 5) is 0. The lowest BCUT2D eigenvalue weighted by molar-refractivity contribution is -0.000986. The lowest BCUT2D eigenvalue weighted by Gasteiger charge is -2.52. The third-order valence-corrected chi connectivity index (χ3v) is 7.94. The van der Waals surface area contributed by atoms with Gasteiger partial charge in [0.15, 0.2) is 0 Å². The average molecular weight is 328 g/mol. The fourth-order valence-corrected chi connectivity index (χ4v) is 6.68. The summed E-state index contributed by atoms with van der Waals surface area (Å²) in [5.74, 6) is 2.93. The van der Waals surface area contributed by atoms with E-state index in [-0.39, 0.29) is 6.10 Å². The van der Waals surface area contributed by atoms with Gasteiger partial charge in [-0.3, -0.25) is 0 Å². The molecule has 0 bridgehead atoms. The van der Waals surface area contributed by atoms with Crippen LogP contribution < -0.4 is 0 Å². The summed E-state index contributed by atoms with van der Waals surface area (Å²) < 4.78 is 0. The van der Waals surface area contributed by atoms with Crippen molar-refractivity contribution in [2.24, 2.45) is 23.2 Å². The quantitative estimate of drug-likeness (QED) is 0.817. The molecule has 0 amide bonds. The molecule has 0 aliphatic heterocycles. The predicted octanol–water partition coefficient (Wildman–Crippen LogP) is 5.03. The van der Waals surface area contributed by atoms with E-state index in [1.807, 2.05) is 12.1 Å². The number of aryl methyl sites for hydroxylation is 1. The number of aliphatic hydroxyl groups excluding tert-OH is 1. The van der Waals surface area contributed by atoms with Crippen molar-refractivity contribution >= 4 is 0 Å². The summed E-state index contributed by atoms with van der Waals surface area (Å²) >= 11 is 0. The first kappa shape index (κ1) is 16.4. The number of aromatic hydroxyl groups is 1. The maximum Gasteiger partial charge on any atom is 0.115 e. The molecule has 4 rings (SSSR count). The van der Waals surface area contributed by atoms with Crippen molar-refractivity contribution < 1.29 is 10.2 Å². The minimum atomic E-state index is -0.105. The Balaban J connectivity index is 1.67. The monoisotopic (exact) mass is 328 g/mol. The highest BCUT2D eigenvalue weighted by molar-refractivity contribution is 5.40. The molecular formula is C22H32O2. The molecule has 24 heavy (non-hydrogen) atoms. The highest BCUT2D eigenvalue weighted by Crippen LogP contribution is 2.64. The zero-order valence-electron chi connectivity index (χ0n) is 15.2. The maximum atomic E-state index is 10.7. The van der Waals surface area contributed by atoms with E-state index < -0.39 is 0 Å². The number of benzene rings is 1. The zero-order chi connectivity index (χ0) is 16.9. The number of hydrogen-bond donors (Lipinski definition) is 2. The number of aliphatic hydroxyl groups is 1. The van der Waals surface area contributed by atoms with Crippen molar-refractivity contribution in [3.8, 4) is 5.75 Å². The molecule has 132 valence electrons. The fourth-order valence-electron chi connectivity index (χ4n) is 6.68. The summed E-state index contributed by atoms with van der Waals surface area (Å²) in [5, 5.41) is 20.5. The smallest absolute Gasteiger partial charge is 0.115 e. The van der Waals surface area contributed by atoms with Gasteiger partial charge >= 0.3 is 0 Å². The Bertz CT molecular complexity index is 610. The SMILES string of the molecule is CCCC[C@]12CC[C@@H]3c4ccc(O)cc4CC[C@H]3[C@@H]1C[C@@H](O)[C@@H]2C. The standard InChI is InChI=1S/C22H32O2/c1-3-4-10-22-11-9-18-17-8-6-16(23)12-15(17)5-7-19(18)20(22)13-21(24)14(22)2/h6,8,12,14,18-21,23-24H,3-5,7,9-11,13H2,1-2H3/t14-,18+,19+,20-,21+,22+/m0/s1. The molecule has 3 aliphatic carbocycles. The molecule has 2 nitrogen and oxygen atoms in total. The third kappa shape index (κ3) is 2.33. The first-order valence-corrected chi connectivity index (χ1v) is 10.1. The maximum absolute atomic E-state index is 10.7. The van der Waals surface area contributed by atoms with Crippen LogP contribution in [0, 0.1) is 23.2 Å². The van der Waals surface area contributed by atoms with Gasteiger partial charge < -0.3 is 10.2 Å². The van der Waals surface area contributed by atoms with E-state index in [9.17, 15) is 10.2 Å². The molecule has 6 atom stereocenters. The molecule has 2 N–H and O–H groups in total. The second kappa shape index (κ2) is 6.05. The van der Waals surface area contributed by atoms with Crippen molar-refractivity contribution in [1.29, 1.82) is 0 Å². The third-order valence-electron chi connectivity index (χ3n) is 7.94. The average Bonchev–Trinajstić information content (AvgIpc) is 2.84. The first-order chi connectivity index (χ1) is 11.6. The summed E-state index contributed by atoms with van der Waals surface area (Å²) in [7, 11) is 0. The summed E-state index contributed by atoms with van der Waals surface area (Å²) in [5.41, 5.74) is 3.23. The van der Waals surface area contributed by atoms with Crippen LogP contribution in [-0.2, 0) is 6.42 Å². The second-order valence-electron chi connectivity index (χ2n) is 8.77. The van der Waals surface area contributed by atoms with E-state index in [4.69, 9.17) is 0 Å². The number of hydrogen-bond acceptors (Lipinski definition) is 2. The Labute approximate surface area is 146 Å². The van der Waals surface area contributed by atoms with E-state index in [1.54, 1.807) is 0 Å². The topological polar surface area (TPSA) is 40.5 Å². The van der Waals surface area contributed by atoms with Crippen LogP contribution in [0.3, 0.4) is 0 Å². The molecule has 0 aromatic heterocycles. The van der Waals surface area contributed by atoms with Crippen LogP contribution in [-0.4, -0.2) is 16.3 Å². The summed E-state index contributed by atoms with van der Waals surface area (Å²) in [6.45, 7) is 4.60. The summed E-state index contributed by atoms with van der Waals surface area (Å²) in [6.07, 6.45) is 9.64. The normalized spacial score (nSPS) is 40.7. The van der Waals surface area contributed by atoms with Gasteiger partial charge in [0.2, 0.25) is 0 Å². The van der Waals surface area contributed by atoms with E-state index >= 15 is 0 Å². The van der Waals surface area contributed by atoms with Crippen LogP contribution in [0.1, 0.15) is 75.8 Å². The fraction of sp³-hybridized carbons (Fsp3) is 0.727.